The van der Waals surface area contributed by atoms with Crippen LogP contribution in [0, 0.1) is 6.92 Å². The summed E-state index contributed by atoms with van der Waals surface area (Å²) in [6, 6.07) is 20.4. The number of hydrogen-bond acceptors (Lipinski definition) is 10. The molecule has 0 bridgehead atoms. The first-order valence-electron chi connectivity index (χ1n) is 15.9. The van der Waals surface area contributed by atoms with Gasteiger partial charge in [-0.3, -0.25) is 4.79 Å². The third-order valence-electron chi connectivity index (χ3n) is 9.29. The minimum Gasteiger partial charge on any atom is -0.496 e. The van der Waals surface area contributed by atoms with Crippen LogP contribution in [0.5, 0.6) is 11.5 Å². The van der Waals surface area contributed by atoms with E-state index in [-0.39, 0.29) is 17.1 Å². The van der Waals surface area contributed by atoms with Gasteiger partial charge < -0.3 is 38.9 Å². The summed E-state index contributed by atoms with van der Waals surface area (Å²) in [4.78, 5) is 27.3. The maximum absolute atomic E-state index is 14.0. The average Bonchev–Trinajstić information content (AvgIpc) is 3.05. The molecule has 0 spiro atoms. The molecule has 1 aromatic heterocycles. The maximum atomic E-state index is 14.0. The number of aliphatic hydroxyl groups is 2. The predicted molar refractivity (Wildman–Crippen MR) is 183 cm³/mol. The molecule has 5 rings (SSSR count). The number of hydrogen-bond donors (Lipinski definition) is 3. The van der Waals surface area contributed by atoms with E-state index in [2.05, 4.69) is 19.2 Å². The average molecular weight is 660 g/mol. The molecule has 0 amide bonds. The van der Waals surface area contributed by atoms with Crippen molar-refractivity contribution in [3.63, 3.8) is 0 Å². The molecule has 0 radical (unpaired) electrons. The van der Waals surface area contributed by atoms with Crippen LogP contribution in [0.1, 0.15) is 68.6 Å². The first-order valence-corrected chi connectivity index (χ1v) is 15.9. The first-order chi connectivity index (χ1) is 22.5. The van der Waals surface area contributed by atoms with Gasteiger partial charge in [0.1, 0.15) is 41.1 Å². The number of methoxy groups -OCH3 is 2. The normalized spacial score (nSPS) is 21.1. The van der Waals surface area contributed by atoms with Gasteiger partial charge in [0.25, 0.3) is 0 Å². The van der Waals surface area contributed by atoms with Gasteiger partial charge in [0.2, 0.25) is 6.29 Å². The van der Waals surface area contributed by atoms with Crippen molar-refractivity contribution in [1.29, 1.82) is 0 Å². The van der Waals surface area contributed by atoms with Gasteiger partial charge in [-0.05, 0) is 76.6 Å². The zero-order chi connectivity index (χ0) is 35.2. The molecule has 1 unspecified atom stereocenters. The number of ketones is 1. The Labute approximate surface area is 280 Å². The van der Waals surface area contributed by atoms with Crippen LogP contribution in [0.3, 0.4) is 0 Å². The van der Waals surface area contributed by atoms with E-state index >= 15 is 0 Å². The Morgan fingerprint density at radius 2 is 1.58 bits per heavy atom. The highest BCUT2D eigenvalue weighted by molar-refractivity contribution is 6.05. The van der Waals surface area contributed by atoms with Crippen LogP contribution in [-0.2, 0) is 14.9 Å². The van der Waals surface area contributed by atoms with Gasteiger partial charge in [-0.15, -0.1) is 0 Å². The maximum Gasteiger partial charge on any atom is 0.359 e. The second kappa shape index (κ2) is 13.0. The van der Waals surface area contributed by atoms with Crippen LogP contribution in [-0.4, -0.2) is 66.0 Å². The molecule has 48 heavy (non-hydrogen) atoms. The summed E-state index contributed by atoms with van der Waals surface area (Å²) in [5, 5.41) is 25.0. The molecular weight excluding hydrogens is 614 g/mol. The van der Waals surface area contributed by atoms with Gasteiger partial charge in [0, 0.05) is 34.6 Å². The fourth-order valence-corrected chi connectivity index (χ4v) is 6.45. The standard InChI is InChI=1S/C38H45NO9/c1-21-27(46-35-30(41)29(40)33(45-9)38(6,7)48-35)17-15-22-20-26(34(43)47-31(21)22)39-37(4,5)32(42)23-16-18-28(44-8)25(19-23)36(2,3)24-13-11-10-12-14-24/h10-20,29-30,33,35,39-41H,1-9H3/t29-,30?,33+,35+/m0/s1. The highest BCUT2D eigenvalue weighted by Gasteiger charge is 2.50. The molecule has 0 aliphatic carbocycles. The Bertz CT molecular complexity index is 1860. The Morgan fingerprint density at radius 3 is 2.23 bits per heavy atom. The van der Waals surface area contributed by atoms with E-state index in [4.69, 9.17) is 23.4 Å². The molecule has 1 saturated heterocycles. The molecule has 10 nitrogen and oxygen atoms in total. The molecule has 1 fully saturated rings. The molecule has 4 atom stereocenters. The molecule has 1 aliphatic heterocycles. The van der Waals surface area contributed by atoms with Crippen molar-refractivity contribution in [2.45, 2.75) is 89.6 Å². The molecule has 3 aromatic carbocycles. The molecule has 256 valence electrons. The number of carbonyl (C=O) groups is 1. The van der Waals surface area contributed by atoms with E-state index in [0.717, 1.165) is 11.1 Å². The third-order valence-corrected chi connectivity index (χ3v) is 9.29. The molecule has 1 aliphatic rings. The van der Waals surface area contributed by atoms with Gasteiger partial charge in [0.15, 0.2) is 5.78 Å². The third kappa shape index (κ3) is 6.45. The predicted octanol–water partition coefficient (Wildman–Crippen LogP) is 5.76. The lowest BCUT2D eigenvalue weighted by molar-refractivity contribution is -0.306. The van der Waals surface area contributed by atoms with E-state index in [1.165, 1.54) is 7.11 Å². The van der Waals surface area contributed by atoms with E-state index < -0.39 is 46.8 Å². The molecule has 4 aromatic rings. The number of Topliss-reactive ketones (excluding diaryl/α,β-unsaturated/α-hetero) is 1. The SMILES string of the molecule is COc1ccc(C(=O)C(C)(C)Nc2cc3ccc(O[C@@H]4OC(C)(C)[C@H](OC)[C@@H](O)C4O)c(C)c3oc2=O)cc1C(C)(C)c1ccccc1. The highest BCUT2D eigenvalue weighted by atomic mass is 16.7. The Kier molecular flexibility index (Phi) is 9.51. The topological polar surface area (TPSA) is 137 Å². The second-order valence-electron chi connectivity index (χ2n) is 13.9. The lowest BCUT2D eigenvalue weighted by Gasteiger charge is -2.46. The Morgan fingerprint density at radius 1 is 0.917 bits per heavy atom. The van der Waals surface area contributed by atoms with Crippen LogP contribution in [0.2, 0.25) is 0 Å². The Balaban J connectivity index is 1.41. The molecular formula is C38H45NO9. The number of fused-ring (bicyclic) bond motifs is 1. The lowest BCUT2D eigenvalue weighted by Crippen LogP contribution is -2.63. The lowest BCUT2D eigenvalue weighted by atomic mass is 9.76. The molecule has 3 N–H and O–H groups in total. The monoisotopic (exact) mass is 659 g/mol. The number of aliphatic hydroxyl groups excluding tert-OH is 2. The van der Waals surface area contributed by atoms with Gasteiger partial charge in [-0.2, -0.15) is 0 Å². The van der Waals surface area contributed by atoms with Crippen molar-refractivity contribution in [3.05, 3.63) is 99.4 Å². The minimum atomic E-state index is -1.39. The van der Waals surface area contributed by atoms with Gasteiger partial charge in [0.05, 0.1) is 18.2 Å². The molecule has 2 heterocycles. The fraction of sp³-hybridized carbons (Fsp3) is 0.421. The second-order valence-corrected chi connectivity index (χ2v) is 13.9. The van der Waals surface area contributed by atoms with Crippen molar-refractivity contribution in [2.24, 2.45) is 0 Å². The summed E-state index contributed by atoms with van der Waals surface area (Å²) in [6.45, 7) is 12.8. The number of carbonyl (C=O) groups excluding carboxylic acids is 1. The smallest absolute Gasteiger partial charge is 0.359 e. The highest BCUT2D eigenvalue weighted by Crippen LogP contribution is 2.39. The van der Waals surface area contributed by atoms with Crippen molar-refractivity contribution >= 4 is 22.4 Å². The van der Waals surface area contributed by atoms with Crippen LogP contribution in [0.4, 0.5) is 5.69 Å². The van der Waals surface area contributed by atoms with Crippen molar-refractivity contribution in [1.82, 2.24) is 0 Å². The van der Waals surface area contributed by atoms with Gasteiger partial charge in [-0.25, -0.2) is 4.79 Å². The van der Waals surface area contributed by atoms with E-state index in [9.17, 15) is 19.8 Å². The van der Waals surface area contributed by atoms with E-state index in [1.54, 1.807) is 72.1 Å². The van der Waals surface area contributed by atoms with Crippen LogP contribution in [0.25, 0.3) is 11.0 Å². The summed E-state index contributed by atoms with van der Waals surface area (Å²) < 4.78 is 28.7. The number of nitrogens with one attached hydrogen (secondary N) is 1. The fourth-order valence-electron chi connectivity index (χ4n) is 6.45. The number of aryl methyl sites for hydroxylation is 1. The first kappa shape index (κ1) is 35.1. The molecule has 0 saturated carbocycles. The summed E-state index contributed by atoms with van der Waals surface area (Å²) in [5.74, 6) is 0.753. The van der Waals surface area contributed by atoms with E-state index in [0.29, 0.717) is 28.0 Å². The summed E-state index contributed by atoms with van der Waals surface area (Å²) in [5.41, 5.74) is 0.0239. The van der Waals surface area contributed by atoms with Crippen molar-refractivity contribution in [2.75, 3.05) is 19.5 Å². The van der Waals surface area contributed by atoms with Gasteiger partial charge in [-0.1, -0.05) is 44.2 Å². The summed E-state index contributed by atoms with van der Waals surface area (Å²) in [7, 11) is 3.04. The zero-order valence-electron chi connectivity index (χ0n) is 28.9. The summed E-state index contributed by atoms with van der Waals surface area (Å²) >= 11 is 0. The minimum absolute atomic E-state index is 0.119. The van der Waals surface area contributed by atoms with Crippen molar-refractivity contribution < 1.29 is 38.4 Å². The van der Waals surface area contributed by atoms with Crippen LogP contribution >= 0.6 is 0 Å². The largest absolute Gasteiger partial charge is 0.496 e. The van der Waals surface area contributed by atoms with Crippen LogP contribution in [0.15, 0.2) is 75.9 Å². The van der Waals surface area contributed by atoms with Crippen LogP contribution < -0.4 is 20.4 Å². The van der Waals surface area contributed by atoms with Gasteiger partial charge >= 0.3 is 5.63 Å². The zero-order valence-corrected chi connectivity index (χ0v) is 28.9. The quantitative estimate of drug-likeness (QED) is 0.142. The number of anilines is 1. The number of ether oxygens (including phenoxy) is 4. The summed E-state index contributed by atoms with van der Waals surface area (Å²) in [6.07, 6.45) is -4.60. The van der Waals surface area contributed by atoms with E-state index in [1.807, 2.05) is 36.4 Å². The number of rotatable bonds is 10. The van der Waals surface area contributed by atoms with Crippen molar-refractivity contribution in [3.8, 4) is 11.5 Å². The Hall–Kier alpha value is -4.22. The molecule has 10 heteroatoms. The number of benzene rings is 3.